The largest absolute Gasteiger partial charge is 0.379 e. The molecule has 4 nitrogen and oxygen atoms in total. The molecule has 0 spiro atoms. The molecule has 0 radical (unpaired) electrons. The highest BCUT2D eigenvalue weighted by Gasteiger charge is 2.01. The molecule has 0 unspecified atom stereocenters. The Bertz CT molecular complexity index is 387. The van der Waals surface area contributed by atoms with Crippen molar-refractivity contribution in [3.63, 3.8) is 0 Å². The van der Waals surface area contributed by atoms with Gasteiger partial charge in [0.05, 0.1) is 0 Å². The van der Waals surface area contributed by atoms with Crippen molar-refractivity contribution in [2.45, 2.75) is 0 Å². The quantitative estimate of drug-likeness (QED) is 0.654. The third kappa shape index (κ3) is 1.10. The topological polar surface area (TPSA) is 39.9 Å². The average molecular weight is 184 g/mol. The van der Waals surface area contributed by atoms with Crippen LogP contribution in [0.5, 0.6) is 0 Å². The molecule has 2 rings (SSSR count). The van der Waals surface area contributed by atoms with E-state index in [-0.39, 0.29) is 6.07 Å². The zero-order valence-corrected chi connectivity index (χ0v) is 6.90. The Morgan fingerprint density at radius 2 is 2.25 bits per heavy atom. The molecule has 62 valence electrons. The Labute approximate surface area is 73.6 Å². The molecule has 0 N–H and O–H groups in total. The predicted octanol–water partition coefficient (Wildman–Crippen LogP) is 1.06. The van der Waals surface area contributed by atoms with Crippen LogP contribution in [0.2, 0.25) is 0 Å². The number of benzene rings is 1. The van der Waals surface area contributed by atoms with E-state index in [9.17, 15) is 0 Å². The van der Waals surface area contributed by atoms with Gasteiger partial charge >= 0.3 is 0 Å². The number of halogens is 1. The second kappa shape index (κ2) is 2.98. The summed E-state index contributed by atoms with van der Waals surface area (Å²) in [6.45, 7) is 0. The van der Waals surface area contributed by atoms with E-state index in [1.807, 2.05) is 24.3 Å². The Morgan fingerprint density at radius 1 is 1.42 bits per heavy atom. The minimum atomic E-state index is 0.0629. The van der Waals surface area contributed by atoms with E-state index in [1.165, 1.54) is 4.85 Å². The van der Waals surface area contributed by atoms with Crippen LogP contribution in [0.25, 0.3) is 11.0 Å². The maximum atomic E-state index is 5.38. The fraction of sp³-hybridized carbons (Fsp3) is 0.143. The number of hydrogen-bond acceptors (Lipinski definition) is 3. The predicted molar refractivity (Wildman–Crippen MR) is 44.8 cm³/mol. The molecule has 0 saturated heterocycles. The lowest BCUT2D eigenvalue weighted by molar-refractivity contribution is 0.123. The summed E-state index contributed by atoms with van der Waals surface area (Å²) >= 11 is 5.38. The number of hydrogen-bond donors (Lipinski definition) is 0. The van der Waals surface area contributed by atoms with Gasteiger partial charge in [0.15, 0.2) is 6.07 Å². The molecule has 1 heterocycles. The molecular formula is C7H6ClN3O. The molecule has 0 bridgehead atoms. The third-order valence-electron chi connectivity index (χ3n) is 1.49. The van der Waals surface area contributed by atoms with Crippen LogP contribution in [0, 0.1) is 0 Å². The number of alkyl halides is 1. The number of rotatable bonds is 2. The maximum Gasteiger partial charge on any atom is 0.190 e. The van der Waals surface area contributed by atoms with E-state index < -0.39 is 0 Å². The molecule has 0 atom stereocenters. The molecule has 0 fully saturated rings. The molecule has 5 heteroatoms. The first-order valence-electron chi connectivity index (χ1n) is 3.41. The second-order valence-electron chi connectivity index (χ2n) is 2.19. The van der Waals surface area contributed by atoms with Crippen LogP contribution in [0.4, 0.5) is 0 Å². The first kappa shape index (κ1) is 7.36. The Kier molecular flexibility index (Phi) is 1.83. The van der Waals surface area contributed by atoms with E-state index in [0.717, 1.165) is 11.0 Å². The summed E-state index contributed by atoms with van der Waals surface area (Å²) in [5.41, 5.74) is 1.61. The van der Waals surface area contributed by atoms with Gasteiger partial charge in [-0.3, -0.25) is 0 Å². The SMILES string of the molecule is ClCOn1nnc2ccccc21. The number of para-hydroxylation sites is 1. The van der Waals surface area contributed by atoms with Crippen LogP contribution in [0.3, 0.4) is 0 Å². The van der Waals surface area contributed by atoms with Gasteiger partial charge in [0.1, 0.15) is 11.0 Å². The highest BCUT2D eigenvalue weighted by molar-refractivity contribution is 6.17. The van der Waals surface area contributed by atoms with E-state index in [4.69, 9.17) is 16.4 Å². The molecule has 12 heavy (non-hydrogen) atoms. The smallest absolute Gasteiger partial charge is 0.190 e. The van der Waals surface area contributed by atoms with Crippen LogP contribution in [0.15, 0.2) is 24.3 Å². The van der Waals surface area contributed by atoms with Crippen molar-refractivity contribution in [3.05, 3.63) is 24.3 Å². The molecular weight excluding hydrogens is 178 g/mol. The zero-order valence-electron chi connectivity index (χ0n) is 6.14. The van der Waals surface area contributed by atoms with Crippen molar-refractivity contribution in [3.8, 4) is 0 Å². The summed E-state index contributed by atoms with van der Waals surface area (Å²) in [5.74, 6) is 0. The van der Waals surface area contributed by atoms with E-state index >= 15 is 0 Å². The summed E-state index contributed by atoms with van der Waals surface area (Å²) in [5, 5.41) is 7.61. The van der Waals surface area contributed by atoms with Gasteiger partial charge in [0.25, 0.3) is 0 Å². The average Bonchev–Trinajstić information content (AvgIpc) is 2.50. The molecule has 0 aliphatic rings. The first-order chi connectivity index (χ1) is 5.92. The van der Waals surface area contributed by atoms with E-state index in [0.29, 0.717) is 0 Å². The van der Waals surface area contributed by atoms with E-state index in [2.05, 4.69) is 10.3 Å². The summed E-state index contributed by atoms with van der Waals surface area (Å²) in [6.07, 6.45) is 0. The Hall–Kier alpha value is -1.29. The zero-order chi connectivity index (χ0) is 8.39. The normalized spacial score (nSPS) is 10.4. The summed E-state index contributed by atoms with van der Waals surface area (Å²) in [4.78, 5) is 6.28. The summed E-state index contributed by atoms with van der Waals surface area (Å²) in [6, 6.07) is 7.56. The van der Waals surface area contributed by atoms with Crippen LogP contribution < -0.4 is 4.84 Å². The van der Waals surface area contributed by atoms with Crippen LogP contribution in [0.1, 0.15) is 0 Å². The first-order valence-corrected chi connectivity index (χ1v) is 3.95. The van der Waals surface area contributed by atoms with Crippen LogP contribution in [-0.2, 0) is 0 Å². The van der Waals surface area contributed by atoms with Crippen molar-refractivity contribution >= 4 is 22.6 Å². The number of nitrogens with zero attached hydrogens (tertiary/aromatic N) is 3. The van der Waals surface area contributed by atoms with Crippen LogP contribution >= 0.6 is 11.6 Å². The highest BCUT2D eigenvalue weighted by Crippen LogP contribution is 2.07. The van der Waals surface area contributed by atoms with Gasteiger partial charge in [-0.2, -0.15) is 0 Å². The lowest BCUT2D eigenvalue weighted by atomic mass is 10.3. The Morgan fingerprint density at radius 3 is 3.08 bits per heavy atom. The summed E-state index contributed by atoms with van der Waals surface area (Å²) in [7, 11) is 0. The lowest BCUT2D eigenvalue weighted by Crippen LogP contribution is -2.10. The number of fused-ring (bicyclic) bond motifs is 1. The van der Waals surface area contributed by atoms with Gasteiger partial charge in [-0.1, -0.05) is 28.6 Å². The van der Waals surface area contributed by atoms with Crippen molar-refractivity contribution in [1.29, 1.82) is 0 Å². The molecule has 2 aromatic rings. The van der Waals surface area contributed by atoms with Gasteiger partial charge < -0.3 is 4.84 Å². The molecule has 1 aromatic heterocycles. The molecule has 1 aromatic carbocycles. The van der Waals surface area contributed by atoms with Gasteiger partial charge in [-0.25, -0.2) is 0 Å². The minimum Gasteiger partial charge on any atom is -0.379 e. The standard InChI is InChI=1S/C7H6ClN3O/c8-5-12-11-7-4-2-1-3-6(7)9-10-11/h1-4H,5H2. The van der Waals surface area contributed by atoms with Crippen molar-refractivity contribution in [2.24, 2.45) is 0 Å². The fourth-order valence-electron chi connectivity index (χ4n) is 0.989. The van der Waals surface area contributed by atoms with Crippen molar-refractivity contribution < 1.29 is 4.84 Å². The minimum absolute atomic E-state index is 0.0629. The van der Waals surface area contributed by atoms with Gasteiger partial charge in [-0.15, -0.1) is 5.10 Å². The van der Waals surface area contributed by atoms with Crippen molar-refractivity contribution in [1.82, 2.24) is 15.2 Å². The summed E-state index contributed by atoms with van der Waals surface area (Å²) < 4.78 is 0. The van der Waals surface area contributed by atoms with Gasteiger partial charge in [0.2, 0.25) is 0 Å². The fourth-order valence-corrected chi connectivity index (χ4v) is 1.08. The molecule has 0 saturated carbocycles. The maximum absolute atomic E-state index is 5.38. The monoisotopic (exact) mass is 183 g/mol. The van der Waals surface area contributed by atoms with Crippen molar-refractivity contribution in [2.75, 3.05) is 6.07 Å². The molecule has 0 aliphatic heterocycles. The molecule has 0 aliphatic carbocycles. The molecule has 0 amide bonds. The van der Waals surface area contributed by atoms with E-state index in [1.54, 1.807) is 0 Å². The third-order valence-corrected chi connectivity index (χ3v) is 1.59. The van der Waals surface area contributed by atoms with Gasteiger partial charge in [0, 0.05) is 0 Å². The van der Waals surface area contributed by atoms with Gasteiger partial charge in [-0.05, 0) is 17.3 Å². The number of aromatic nitrogens is 3. The Balaban J connectivity index is 2.55. The van der Waals surface area contributed by atoms with Crippen LogP contribution in [-0.4, -0.2) is 21.2 Å². The highest BCUT2D eigenvalue weighted by atomic mass is 35.5. The second-order valence-corrected chi connectivity index (χ2v) is 2.41. The lowest BCUT2D eigenvalue weighted by Gasteiger charge is -1.98.